The number of hydrogen-bond acceptors (Lipinski definition) is 3. The van der Waals surface area contributed by atoms with Gasteiger partial charge in [0.15, 0.2) is 0 Å². The SMILES string of the molecule is C#CCC(CC)NCC(O)COC(C)(C)C. The third kappa shape index (κ3) is 8.72. The molecule has 0 amide bonds. The molecule has 0 aliphatic rings. The predicted molar refractivity (Wildman–Crippen MR) is 67.2 cm³/mol. The quantitative estimate of drug-likeness (QED) is 0.648. The van der Waals surface area contributed by atoms with Gasteiger partial charge < -0.3 is 15.2 Å². The van der Waals surface area contributed by atoms with Gasteiger partial charge in [0.05, 0.1) is 18.3 Å². The van der Waals surface area contributed by atoms with E-state index in [1.165, 1.54) is 0 Å². The zero-order valence-electron chi connectivity index (χ0n) is 10.9. The Bertz CT molecular complexity index is 215. The van der Waals surface area contributed by atoms with Crippen molar-refractivity contribution in [1.82, 2.24) is 5.32 Å². The van der Waals surface area contributed by atoms with Gasteiger partial charge in [-0.3, -0.25) is 0 Å². The summed E-state index contributed by atoms with van der Waals surface area (Å²) in [6.07, 6.45) is 6.44. The maximum Gasteiger partial charge on any atom is 0.0898 e. The van der Waals surface area contributed by atoms with Crippen molar-refractivity contribution in [2.45, 2.75) is 58.3 Å². The van der Waals surface area contributed by atoms with Gasteiger partial charge >= 0.3 is 0 Å². The van der Waals surface area contributed by atoms with Crippen LogP contribution in [0, 0.1) is 12.3 Å². The van der Waals surface area contributed by atoms with E-state index in [-0.39, 0.29) is 11.6 Å². The lowest BCUT2D eigenvalue weighted by Gasteiger charge is -2.23. The van der Waals surface area contributed by atoms with Crippen LogP contribution in [0.25, 0.3) is 0 Å². The van der Waals surface area contributed by atoms with Gasteiger partial charge in [-0.2, -0.15) is 0 Å². The molecular formula is C13H25NO2. The minimum atomic E-state index is -0.481. The molecule has 0 aromatic carbocycles. The third-order valence-electron chi connectivity index (χ3n) is 2.21. The van der Waals surface area contributed by atoms with E-state index in [4.69, 9.17) is 11.2 Å². The van der Waals surface area contributed by atoms with Crippen LogP contribution < -0.4 is 5.32 Å². The van der Waals surface area contributed by atoms with Crippen LogP contribution in [0.2, 0.25) is 0 Å². The largest absolute Gasteiger partial charge is 0.389 e. The van der Waals surface area contributed by atoms with E-state index in [2.05, 4.69) is 18.2 Å². The summed E-state index contributed by atoms with van der Waals surface area (Å²) in [5.74, 6) is 2.62. The molecule has 16 heavy (non-hydrogen) atoms. The van der Waals surface area contributed by atoms with Gasteiger partial charge in [0.2, 0.25) is 0 Å². The Morgan fingerprint density at radius 2 is 2.06 bits per heavy atom. The van der Waals surface area contributed by atoms with E-state index in [9.17, 15) is 5.11 Å². The van der Waals surface area contributed by atoms with Crippen LogP contribution in [-0.2, 0) is 4.74 Å². The molecule has 0 saturated heterocycles. The van der Waals surface area contributed by atoms with Gasteiger partial charge in [-0.25, -0.2) is 0 Å². The molecule has 0 heterocycles. The van der Waals surface area contributed by atoms with Crippen molar-refractivity contribution in [2.24, 2.45) is 0 Å². The second-order valence-corrected chi connectivity index (χ2v) is 5.00. The minimum absolute atomic E-state index is 0.204. The second-order valence-electron chi connectivity index (χ2n) is 5.00. The van der Waals surface area contributed by atoms with Crippen molar-refractivity contribution in [3.8, 4) is 12.3 Å². The molecule has 94 valence electrons. The Morgan fingerprint density at radius 3 is 2.50 bits per heavy atom. The first-order valence-electron chi connectivity index (χ1n) is 5.88. The molecule has 0 fully saturated rings. The van der Waals surface area contributed by atoms with Crippen molar-refractivity contribution in [1.29, 1.82) is 0 Å². The molecule has 2 N–H and O–H groups in total. The zero-order chi connectivity index (χ0) is 12.6. The fourth-order valence-corrected chi connectivity index (χ4v) is 1.21. The maximum atomic E-state index is 9.69. The Kier molecular flexibility index (Phi) is 7.40. The highest BCUT2D eigenvalue weighted by atomic mass is 16.5. The normalized spacial score (nSPS) is 15.5. The van der Waals surface area contributed by atoms with Crippen molar-refractivity contribution >= 4 is 0 Å². The van der Waals surface area contributed by atoms with Gasteiger partial charge in [-0.1, -0.05) is 6.92 Å². The summed E-state index contributed by atoms with van der Waals surface area (Å²) >= 11 is 0. The van der Waals surface area contributed by atoms with Crippen molar-refractivity contribution in [3.05, 3.63) is 0 Å². The number of rotatable bonds is 7. The highest BCUT2D eigenvalue weighted by molar-refractivity contribution is 4.89. The van der Waals surface area contributed by atoms with Crippen molar-refractivity contribution < 1.29 is 9.84 Å². The lowest BCUT2D eigenvalue weighted by atomic mass is 10.1. The summed E-state index contributed by atoms with van der Waals surface area (Å²) in [6.45, 7) is 8.87. The number of aliphatic hydroxyl groups excluding tert-OH is 1. The van der Waals surface area contributed by atoms with E-state index in [0.29, 0.717) is 19.6 Å². The maximum absolute atomic E-state index is 9.69. The average molecular weight is 227 g/mol. The average Bonchev–Trinajstić information content (AvgIpc) is 2.20. The van der Waals surface area contributed by atoms with E-state index >= 15 is 0 Å². The van der Waals surface area contributed by atoms with E-state index in [0.717, 1.165) is 6.42 Å². The second kappa shape index (κ2) is 7.67. The Morgan fingerprint density at radius 1 is 1.44 bits per heavy atom. The Labute approximate surface area is 99.6 Å². The number of hydrogen-bond donors (Lipinski definition) is 2. The van der Waals surface area contributed by atoms with Crippen LogP contribution in [0.3, 0.4) is 0 Å². The summed E-state index contributed by atoms with van der Waals surface area (Å²) in [4.78, 5) is 0. The summed E-state index contributed by atoms with van der Waals surface area (Å²) in [7, 11) is 0. The Hall–Kier alpha value is -0.560. The molecule has 2 atom stereocenters. The lowest BCUT2D eigenvalue weighted by molar-refractivity contribution is -0.0483. The molecule has 0 spiro atoms. The first kappa shape index (κ1) is 15.4. The monoisotopic (exact) mass is 227 g/mol. The molecule has 0 aromatic rings. The van der Waals surface area contributed by atoms with E-state index in [1.807, 2.05) is 20.8 Å². The molecule has 0 aromatic heterocycles. The molecule has 0 bridgehead atoms. The summed E-state index contributed by atoms with van der Waals surface area (Å²) < 4.78 is 5.49. The van der Waals surface area contributed by atoms with Gasteiger partial charge in [-0.15, -0.1) is 12.3 Å². The first-order valence-corrected chi connectivity index (χ1v) is 5.88. The molecule has 0 aliphatic heterocycles. The van der Waals surface area contributed by atoms with Crippen LogP contribution in [0.1, 0.15) is 40.5 Å². The minimum Gasteiger partial charge on any atom is -0.389 e. The standard InChI is InChI=1S/C13H25NO2/c1-6-8-11(7-2)14-9-12(15)10-16-13(3,4)5/h1,11-12,14-15H,7-10H2,2-5H3. The van der Waals surface area contributed by atoms with E-state index < -0.39 is 6.10 Å². The number of nitrogens with one attached hydrogen (secondary N) is 1. The van der Waals surface area contributed by atoms with Gasteiger partial charge in [0.1, 0.15) is 0 Å². The molecule has 2 unspecified atom stereocenters. The third-order valence-corrected chi connectivity index (χ3v) is 2.21. The highest BCUT2D eigenvalue weighted by Crippen LogP contribution is 2.07. The van der Waals surface area contributed by atoms with Gasteiger partial charge in [0.25, 0.3) is 0 Å². The molecule has 0 rings (SSSR count). The van der Waals surface area contributed by atoms with Crippen molar-refractivity contribution in [2.75, 3.05) is 13.2 Å². The molecule has 0 radical (unpaired) electrons. The highest BCUT2D eigenvalue weighted by Gasteiger charge is 2.14. The first-order chi connectivity index (χ1) is 7.39. The molecule has 3 nitrogen and oxygen atoms in total. The van der Waals surface area contributed by atoms with Crippen LogP contribution in [0.4, 0.5) is 0 Å². The summed E-state index contributed by atoms with van der Waals surface area (Å²) in [5, 5.41) is 12.9. The fraction of sp³-hybridized carbons (Fsp3) is 0.846. The molecule has 0 saturated carbocycles. The number of aliphatic hydroxyl groups is 1. The number of ether oxygens (including phenoxy) is 1. The molecule has 3 heteroatoms. The van der Waals surface area contributed by atoms with Crippen LogP contribution >= 0.6 is 0 Å². The number of terminal acetylenes is 1. The van der Waals surface area contributed by atoms with Crippen LogP contribution in [-0.4, -0.2) is 36.0 Å². The zero-order valence-corrected chi connectivity index (χ0v) is 10.9. The summed E-state index contributed by atoms with van der Waals surface area (Å²) in [5.41, 5.74) is -0.204. The van der Waals surface area contributed by atoms with Gasteiger partial charge in [-0.05, 0) is 27.2 Å². The topological polar surface area (TPSA) is 41.5 Å². The molecular weight excluding hydrogens is 202 g/mol. The van der Waals surface area contributed by atoms with Crippen LogP contribution in [0.5, 0.6) is 0 Å². The predicted octanol–water partition coefficient (Wildman–Crippen LogP) is 1.55. The van der Waals surface area contributed by atoms with Crippen molar-refractivity contribution in [3.63, 3.8) is 0 Å². The fourth-order valence-electron chi connectivity index (χ4n) is 1.21. The molecule has 0 aliphatic carbocycles. The van der Waals surface area contributed by atoms with E-state index in [1.54, 1.807) is 0 Å². The summed E-state index contributed by atoms with van der Waals surface area (Å²) in [6, 6.07) is 0.286. The lowest BCUT2D eigenvalue weighted by Crippen LogP contribution is -2.38. The Balaban J connectivity index is 3.72. The van der Waals surface area contributed by atoms with Gasteiger partial charge in [0, 0.05) is 19.0 Å². The smallest absolute Gasteiger partial charge is 0.0898 e. The van der Waals surface area contributed by atoms with Crippen LogP contribution in [0.15, 0.2) is 0 Å².